The maximum atomic E-state index is 12.8. The van der Waals surface area contributed by atoms with Gasteiger partial charge in [-0.1, -0.05) is 55.5 Å². The fourth-order valence-electron chi connectivity index (χ4n) is 4.22. The van der Waals surface area contributed by atoms with Crippen LogP contribution in [0.5, 0.6) is 5.75 Å². The maximum absolute atomic E-state index is 12.8. The van der Waals surface area contributed by atoms with Gasteiger partial charge in [0.15, 0.2) is 17.1 Å². The molecule has 144 valence electrons. The van der Waals surface area contributed by atoms with Crippen LogP contribution in [0.1, 0.15) is 46.7 Å². The third-order valence-corrected chi connectivity index (χ3v) is 5.62. The fraction of sp³-hybridized carbons (Fsp3) is 0.217. The molecule has 6 nitrogen and oxygen atoms in total. The van der Waals surface area contributed by atoms with Crippen LogP contribution in [0.4, 0.5) is 0 Å². The van der Waals surface area contributed by atoms with Crippen LogP contribution in [0.15, 0.2) is 54.6 Å². The number of Topliss-reactive ketones (excluding diaryl/α,β-unsaturated/α-hetero) is 1. The number of para-hydroxylation sites is 1. The van der Waals surface area contributed by atoms with E-state index in [1.54, 1.807) is 16.6 Å². The highest BCUT2D eigenvalue weighted by atomic mass is 16.3. The summed E-state index contributed by atoms with van der Waals surface area (Å²) in [5.41, 5.74) is 5.51. The lowest BCUT2D eigenvalue weighted by molar-refractivity contribution is 0.0955. The zero-order valence-corrected chi connectivity index (χ0v) is 16.0. The van der Waals surface area contributed by atoms with E-state index in [-0.39, 0.29) is 17.5 Å². The van der Waals surface area contributed by atoms with Crippen LogP contribution in [0.25, 0.3) is 16.8 Å². The number of hydrogen-bond acceptors (Lipinski definition) is 5. The molecule has 0 fully saturated rings. The molecule has 2 heterocycles. The van der Waals surface area contributed by atoms with Gasteiger partial charge in [0, 0.05) is 12.3 Å². The van der Waals surface area contributed by atoms with Crippen LogP contribution in [0.3, 0.4) is 0 Å². The normalized spacial score (nSPS) is 16.2. The van der Waals surface area contributed by atoms with Crippen LogP contribution < -0.4 is 0 Å². The summed E-state index contributed by atoms with van der Waals surface area (Å²) in [5.74, 6) is 0.0356. The average Bonchev–Trinajstić information content (AvgIpc) is 3.14. The Morgan fingerprint density at radius 2 is 1.79 bits per heavy atom. The molecule has 0 aliphatic heterocycles. The summed E-state index contributed by atoms with van der Waals surface area (Å²) in [6.45, 7) is 2.06. The lowest BCUT2D eigenvalue weighted by Gasteiger charge is -2.23. The van der Waals surface area contributed by atoms with Gasteiger partial charge < -0.3 is 5.11 Å². The number of fused-ring (bicyclic) bond motifs is 3. The van der Waals surface area contributed by atoms with Crippen molar-refractivity contribution in [2.75, 3.05) is 0 Å². The van der Waals surface area contributed by atoms with Gasteiger partial charge in [-0.3, -0.25) is 4.79 Å². The number of ketones is 1. The fourth-order valence-corrected chi connectivity index (χ4v) is 4.22. The molecule has 5 rings (SSSR count). The van der Waals surface area contributed by atoms with Crippen molar-refractivity contribution >= 4 is 11.4 Å². The van der Waals surface area contributed by atoms with Gasteiger partial charge >= 0.3 is 0 Å². The van der Waals surface area contributed by atoms with Crippen molar-refractivity contribution < 1.29 is 9.90 Å². The molecule has 1 N–H and O–H groups in total. The number of benzene rings is 2. The van der Waals surface area contributed by atoms with Gasteiger partial charge in [0.05, 0.1) is 17.0 Å². The number of aromatic nitrogens is 4. The first-order chi connectivity index (χ1) is 14.2. The summed E-state index contributed by atoms with van der Waals surface area (Å²) in [6.07, 6.45) is 1.63. The topological polar surface area (TPSA) is 80.4 Å². The van der Waals surface area contributed by atoms with Gasteiger partial charge in [0.1, 0.15) is 5.75 Å². The molecule has 2 aromatic heterocycles. The van der Waals surface area contributed by atoms with Gasteiger partial charge in [0.2, 0.25) is 0 Å². The second-order valence-electron chi connectivity index (χ2n) is 7.36. The lowest BCUT2D eigenvalue weighted by Crippen LogP contribution is -2.24. The van der Waals surface area contributed by atoms with Crippen LogP contribution in [0, 0.1) is 0 Å². The number of carbonyl (C=O) groups is 1. The Morgan fingerprint density at radius 3 is 2.55 bits per heavy atom. The van der Waals surface area contributed by atoms with Crippen molar-refractivity contribution in [3.8, 4) is 16.9 Å². The highest BCUT2D eigenvalue weighted by Gasteiger charge is 2.32. The number of phenolic OH excluding ortho intramolecular Hbond substituents is 1. The van der Waals surface area contributed by atoms with Crippen LogP contribution in [-0.2, 0) is 12.8 Å². The second kappa shape index (κ2) is 6.81. The van der Waals surface area contributed by atoms with E-state index in [2.05, 4.69) is 17.1 Å². The molecular weight excluding hydrogens is 364 g/mol. The Labute approximate surface area is 167 Å². The van der Waals surface area contributed by atoms with Crippen LogP contribution >= 0.6 is 0 Å². The molecule has 0 radical (unpaired) electrons. The molecule has 0 bridgehead atoms. The van der Waals surface area contributed by atoms with E-state index in [1.165, 1.54) is 0 Å². The Morgan fingerprint density at radius 1 is 1.03 bits per heavy atom. The summed E-state index contributed by atoms with van der Waals surface area (Å²) < 4.78 is 1.79. The van der Waals surface area contributed by atoms with E-state index in [1.807, 2.05) is 42.5 Å². The summed E-state index contributed by atoms with van der Waals surface area (Å²) in [4.78, 5) is 12.8. The molecule has 29 heavy (non-hydrogen) atoms. The zero-order chi connectivity index (χ0) is 20.0. The number of rotatable bonds is 3. The number of phenols is 1. The van der Waals surface area contributed by atoms with Crippen molar-refractivity contribution in [3.63, 3.8) is 0 Å². The van der Waals surface area contributed by atoms with Crippen molar-refractivity contribution in [3.05, 3.63) is 77.2 Å². The highest BCUT2D eigenvalue weighted by Crippen LogP contribution is 2.37. The standard InChI is InChI=1S/C23H20N4O2/c1-2-17-21(14-8-4-3-5-9-14)23-25-24-22-18(27(23)26-17)12-15(13-20(22)29)16-10-6-7-11-19(16)28/h3-11,15,28H,2,12-13H2,1H3/t15-/m1/s1. The number of nitrogens with zero attached hydrogens (tertiary/aromatic N) is 4. The van der Waals surface area contributed by atoms with E-state index in [4.69, 9.17) is 5.10 Å². The van der Waals surface area contributed by atoms with Crippen molar-refractivity contribution in [2.24, 2.45) is 0 Å². The van der Waals surface area contributed by atoms with E-state index in [0.29, 0.717) is 24.2 Å². The largest absolute Gasteiger partial charge is 0.508 e. The third kappa shape index (κ3) is 2.79. The monoisotopic (exact) mass is 384 g/mol. The average molecular weight is 384 g/mol. The Balaban J connectivity index is 1.70. The SMILES string of the molecule is CCc1nn2c3c(nnc2c1-c1ccccc1)C(=O)C[C@H](c1ccccc1O)C3. The predicted molar refractivity (Wildman–Crippen MR) is 109 cm³/mol. The number of aromatic hydroxyl groups is 1. The summed E-state index contributed by atoms with van der Waals surface area (Å²) >= 11 is 0. The minimum Gasteiger partial charge on any atom is -0.508 e. The molecule has 6 heteroatoms. The smallest absolute Gasteiger partial charge is 0.185 e. The van der Waals surface area contributed by atoms with E-state index in [9.17, 15) is 9.90 Å². The van der Waals surface area contributed by atoms with Gasteiger partial charge in [-0.2, -0.15) is 5.10 Å². The second-order valence-corrected chi connectivity index (χ2v) is 7.36. The molecule has 0 saturated heterocycles. The predicted octanol–water partition coefficient (Wildman–Crippen LogP) is 3.97. The lowest BCUT2D eigenvalue weighted by atomic mass is 9.83. The first kappa shape index (κ1) is 17.6. The highest BCUT2D eigenvalue weighted by molar-refractivity contribution is 5.97. The summed E-state index contributed by atoms with van der Waals surface area (Å²) in [6, 6.07) is 17.2. The minimum absolute atomic E-state index is 0.0660. The molecule has 1 aliphatic carbocycles. The molecule has 1 atom stereocenters. The van der Waals surface area contributed by atoms with E-state index < -0.39 is 0 Å². The molecule has 1 aliphatic rings. The zero-order valence-electron chi connectivity index (χ0n) is 16.0. The van der Waals surface area contributed by atoms with Gasteiger partial charge in [-0.25, -0.2) is 4.52 Å². The van der Waals surface area contributed by atoms with Crippen molar-refractivity contribution in [1.29, 1.82) is 0 Å². The van der Waals surface area contributed by atoms with E-state index >= 15 is 0 Å². The number of carbonyl (C=O) groups excluding carboxylic acids is 1. The van der Waals surface area contributed by atoms with Crippen LogP contribution in [-0.4, -0.2) is 30.7 Å². The summed E-state index contributed by atoms with van der Waals surface area (Å²) in [5, 5.41) is 23.8. The van der Waals surface area contributed by atoms with Crippen molar-refractivity contribution in [2.45, 2.75) is 32.1 Å². The molecule has 0 saturated carbocycles. The minimum atomic E-state index is -0.113. The molecule has 2 aromatic carbocycles. The van der Waals surface area contributed by atoms with E-state index in [0.717, 1.165) is 34.5 Å². The maximum Gasteiger partial charge on any atom is 0.185 e. The molecule has 0 amide bonds. The van der Waals surface area contributed by atoms with Crippen molar-refractivity contribution in [1.82, 2.24) is 19.8 Å². The Bertz CT molecular complexity index is 1230. The van der Waals surface area contributed by atoms with Gasteiger partial charge in [0.25, 0.3) is 0 Å². The molecule has 0 spiro atoms. The number of hydrogen-bond donors (Lipinski definition) is 1. The third-order valence-electron chi connectivity index (χ3n) is 5.62. The Hall–Kier alpha value is -3.54. The van der Waals surface area contributed by atoms with Gasteiger partial charge in [-0.05, 0) is 30.0 Å². The van der Waals surface area contributed by atoms with Crippen LogP contribution in [0.2, 0.25) is 0 Å². The molecule has 4 aromatic rings. The number of aryl methyl sites for hydroxylation is 1. The van der Waals surface area contributed by atoms with Gasteiger partial charge in [-0.15, -0.1) is 10.2 Å². The Kier molecular flexibility index (Phi) is 4.12. The molecular formula is C23H20N4O2. The quantitative estimate of drug-likeness (QED) is 0.578. The first-order valence-corrected chi connectivity index (χ1v) is 9.81. The first-order valence-electron chi connectivity index (χ1n) is 9.81. The summed E-state index contributed by atoms with van der Waals surface area (Å²) in [7, 11) is 0. The molecule has 0 unspecified atom stereocenters.